The topological polar surface area (TPSA) is 82.7 Å². The van der Waals surface area contributed by atoms with E-state index >= 15 is 0 Å². The number of pyridine rings is 1. The van der Waals surface area contributed by atoms with Crippen molar-refractivity contribution >= 4 is 11.4 Å². The van der Waals surface area contributed by atoms with Crippen LogP contribution in [0.25, 0.3) is 0 Å². The highest BCUT2D eigenvalue weighted by Gasteiger charge is 2.38. The molecule has 0 unspecified atom stereocenters. The zero-order chi connectivity index (χ0) is 14.1. The molecule has 108 valence electrons. The Balaban J connectivity index is 1.81. The van der Waals surface area contributed by atoms with Crippen molar-refractivity contribution in [3.63, 3.8) is 0 Å². The number of hydrogen-bond donors (Lipinski definition) is 1. The number of anilines is 1. The van der Waals surface area contributed by atoms with Crippen molar-refractivity contribution in [2.24, 2.45) is 0 Å². The lowest BCUT2D eigenvalue weighted by Gasteiger charge is -2.25. The molecule has 3 rings (SSSR count). The van der Waals surface area contributed by atoms with Crippen LogP contribution in [0.3, 0.4) is 0 Å². The number of hydrogen-bond acceptors (Lipinski definition) is 6. The molecular formula is C13H18N4O3. The van der Waals surface area contributed by atoms with E-state index in [1.807, 2.05) is 4.90 Å². The number of rotatable bonds is 3. The molecule has 3 heterocycles. The molecule has 0 bridgehead atoms. The molecule has 1 aromatic heterocycles. The Morgan fingerprint density at radius 2 is 2.10 bits per heavy atom. The molecule has 7 nitrogen and oxygen atoms in total. The predicted molar refractivity (Wildman–Crippen MR) is 73.7 cm³/mol. The molecule has 0 radical (unpaired) electrons. The Hall–Kier alpha value is -1.73. The summed E-state index contributed by atoms with van der Waals surface area (Å²) >= 11 is 0. The monoisotopic (exact) mass is 278 g/mol. The van der Waals surface area contributed by atoms with E-state index in [9.17, 15) is 15.2 Å². The minimum absolute atomic E-state index is 0.00164. The average molecular weight is 278 g/mol. The number of aromatic nitrogens is 1. The van der Waals surface area contributed by atoms with E-state index in [0.29, 0.717) is 18.8 Å². The zero-order valence-corrected chi connectivity index (χ0v) is 11.2. The van der Waals surface area contributed by atoms with Gasteiger partial charge in [0.15, 0.2) is 0 Å². The molecule has 2 saturated heterocycles. The first-order valence-electron chi connectivity index (χ1n) is 6.92. The quantitative estimate of drug-likeness (QED) is 0.645. The maximum atomic E-state index is 11.1. The van der Waals surface area contributed by atoms with Crippen LogP contribution in [-0.2, 0) is 0 Å². The van der Waals surface area contributed by atoms with Crippen molar-refractivity contribution in [2.75, 3.05) is 31.1 Å². The molecule has 0 saturated carbocycles. The summed E-state index contributed by atoms with van der Waals surface area (Å²) in [5.41, 5.74) is 0.549. The highest BCUT2D eigenvalue weighted by molar-refractivity contribution is 5.62. The van der Waals surface area contributed by atoms with Crippen molar-refractivity contribution in [2.45, 2.75) is 25.0 Å². The van der Waals surface area contributed by atoms with Gasteiger partial charge in [-0.2, -0.15) is 0 Å². The van der Waals surface area contributed by atoms with Crippen molar-refractivity contribution < 1.29 is 10.0 Å². The van der Waals surface area contributed by atoms with Gasteiger partial charge in [-0.1, -0.05) is 0 Å². The molecule has 2 atom stereocenters. The van der Waals surface area contributed by atoms with E-state index in [-0.39, 0.29) is 11.7 Å². The van der Waals surface area contributed by atoms with Crippen LogP contribution in [0.4, 0.5) is 11.4 Å². The molecule has 7 heteroatoms. The van der Waals surface area contributed by atoms with Crippen molar-refractivity contribution in [3.8, 4) is 0 Å². The van der Waals surface area contributed by atoms with E-state index in [2.05, 4.69) is 9.88 Å². The second kappa shape index (κ2) is 5.34. The molecule has 2 aliphatic heterocycles. The van der Waals surface area contributed by atoms with Crippen LogP contribution in [0.15, 0.2) is 18.5 Å². The van der Waals surface area contributed by atoms with Gasteiger partial charge >= 0.3 is 5.69 Å². The lowest BCUT2D eigenvalue weighted by molar-refractivity contribution is -0.384. The van der Waals surface area contributed by atoms with Crippen LogP contribution in [0.2, 0.25) is 0 Å². The number of aliphatic hydroxyl groups excluding tert-OH is 1. The van der Waals surface area contributed by atoms with Gasteiger partial charge in [0, 0.05) is 19.3 Å². The molecule has 0 aromatic carbocycles. The van der Waals surface area contributed by atoms with Gasteiger partial charge in [0.1, 0.15) is 11.9 Å². The largest absolute Gasteiger partial charge is 0.390 e. The second-order valence-electron chi connectivity index (χ2n) is 5.40. The lowest BCUT2D eigenvalue weighted by Crippen LogP contribution is -2.41. The standard InChI is InChI=1S/C13H18N4O3/c18-13-9-16(8-12(13)15-5-1-2-6-15)10-3-4-14-7-11(10)17(19)20/h3-4,7,12-13,18H,1-2,5-6,8-9H2/t12-,13+/m0/s1. The molecule has 1 N–H and O–H groups in total. The Morgan fingerprint density at radius 3 is 2.80 bits per heavy atom. The van der Waals surface area contributed by atoms with Gasteiger partial charge in [-0.3, -0.25) is 20.0 Å². The summed E-state index contributed by atoms with van der Waals surface area (Å²) in [5.74, 6) is 0. The van der Waals surface area contributed by atoms with E-state index in [0.717, 1.165) is 13.1 Å². The second-order valence-corrected chi connectivity index (χ2v) is 5.40. The molecule has 1 aromatic rings. The van der Waals surface area contributed by atoms with Gasteiger partial charge in [-0.15, -0.1) is 0 Å². The maximum Gasteiger partial charge on any atom is 0.310 e. The van der Waals surface area contributed by atoms with Gasteiger partial charge < -0.3 is 10.0 Å². The summed E-state index contributed by atoms with van der Waals surface area (Å²) in [4.78, 5) is 18.6. The van der Waals surface area contributed by atoms with Crippen LogP contribution in [0.1, 0.15) is 12.8 Å². The average Bonchev–Trinajstić information content (AvgIpc) is 3.07. The number of aliphatic hydroxyl groups is 1. The third-order valence-electron chi connectivity index (χ3n) is 4.18. The van der Waals surface area contributed by atoms with E-state index < -0.39 is 11.0 Å². The third-order valence-corrected chi connectivity index (χ3v) is 4.18. The third kappa shape index (κ3) is 2.34. The highest BCUT2D eigenvalue weighted by atomic mass is 16.6. The Labute approximate surface area is 117 Å². The molecule has 2 aliphatic rings. The Morgan fingerprint density at radius 1 is 1.35 bits per heavy atom. The fourth-order valence-corrected chi connectivity index (χ4v) is 3.19. The molecular weight excluding hydrogens is 260 g/mol. The summed E-state index contributed by atoms with van der Waals surface area (Å²) in [7, 11) is 0. The minimum Gasteiger partial charge on any atom is -0.390 e. The van der Waals surface area contributed by atoms with Gasteiger partial charge in [0.25, 0.3) is 0 Å². The van der Waals surface area contributed by atoms with E-state index in [1.165, 1.54) is 19.0 Å². The van der Waals surface area contributed by atoms with Crippen LogP contribution in [0, 0.1) is 10.1 Å². The van der Waals surface area contributed by atoms with Gasteiger partial charge in [-0.05, 0) is 32.0 Å². The fourth-order valence-electron chi connectivity index (χ4n) is 3.19. The summed E-state index contributed by atoms with van der Waals surface area (Å²) in [6, 6.07) is 1.72. The van der Waals surface area contributed by atoms with Crippen LogP contribution in [-0.4, -0.2) is 58.2 Å². The normalized spacial score (nSPS) is 27.1. The van der Waals surface area contributed by atoms with Crippen LogP contribution < -0.4 is 4.90 Å². The molecule has 0 aliphatic carbocycles. The first-order chi connectivity index (χ1) is 9.66. The lowest BCUT2D eigenvalue weighted by atomic mass is 10.2. The number of nitro groups is 1. The van der Waals surface area contributed by atoms with E-state index in [1.54, 1.807) is 12.3 Å². The number of likely N-dealkylation sites (tertiary alicyclic amines) is 1. The van der Waals surface area contributed by atoms with Gasteiger partial charge in [0.2, 0.25) is 0 Å². The van der Waals surface area contributed by atoms with Crippen LogP contribution >= 0.6 is 0 Å². The summed E-state index contributed by atoms with van der Waals surface area (Å²) < 4.78 is 0. The molecule has 20 heavy (non-hydrogen) atoms. The van der Waals surface area contributed by atoms with Crippen molar-refractivity contribution in [3.05, 3.63) is 28.6 Å². The van der Waals surface area contributed by atoms with Crippen molar-refractivity contribution in [1.29, 1.82) is 0 Å². The Kier molecular flexibility index (Phi) is 3.54. The molecule has 0 spiro atoms. The maximum absolute atomic E-state index is 11.1. The van der Waals surface area contributed by atoms with Gasteiger partial charge in [-0.25, -0.2) is 0 Å². The van der Waals surface area contributed by atoms with Crippen LogP contribution in [0.5, 0.6) is 0 Å². The SMILES string of the molecule is O=[N+]([O-])c1cnccc1N1C[C@@H](O)[C@@H](N2CCCC2)C1. The minimum atomic E-state index is -0.458. The first-order valence-corrected chi connectivity index (χ1v) is 6.92. The van der Waals surface area contributed by atoms with Gasteiger partial charge in [0.05, 0.1) is 17.1 Å². The first kappa shape index (κ1) is 13.3. The predicted octanol–water partition coefficient (Wildman–Crippen LogP) is 0.635. The fraction of sp³-hybridized carbons (Fsp3) is 0.615. The van der Waals surface area contributed by atoms with Crippen molar-refractivity contribution in [1.82, 2.24) is 9.88 Å². The number of nitrogens with zero attached hydrogens (tertiary/aromatic N) is 4. The summed E-state index contributed by atoms with van der Waals surface area (Å²) in [6.07, 6.45) is 4.70. The molecule has 2 fully saturated rings. The summed E-state index contributed by atoms with van der Waals surface area (Å²) in [6.45, 7) is 3.08. The zero-order valence-electron chi connectivity index (χ0n) is 11.2. The Bertz CT molecular complexity index is 504. The van der Waals surface area contributed by atoms with E-state index in [4.69, 9.17) is 0 Å². The summed E-state index contributed by atoms with van der Waals surface area (Å²) in [5, 5.41) is 21.3. The molecule has 0 amide bonds. The smallest absolute Gasteiger partial charge is 0.310 e. The highest BCUT2D eigenvalue weighted by Crippen LogP contribution is 2.31. The number of β-amino-alcohol motifs (C(OH)–C–C–N with tert-alkyl or cyclic N) is 1.